The Morgan fingerprint density at radius 3 is 2.19 bits per heavy atom. The van der Waals surface area contributed by atoms with Crippen molar-refractivity contribution in [2.75, 3.05) is 0 Å². The van der Waals surface area contributed by atoms with E-state index in [1.165, 1.54) is 0 Å². The van der Waals surface area contributed by atoms with Crippen molar-refractivity contribution in [1.82, 2.24) is 5.48 Å². The first-order valence-electron chi connectivity index (χ1n) is 6.11. The van der Waals surface area contributed by atoms with Gasteiger partial charge in [-0.05, 0) is 19.4 Å². The molecule has 0 fully saturated rings. The summed E-state index contributed by atoms with van der Waals surface area (Å²) in [5.41, 5.74) is 7.56. The monoisotopic (exact) mass is 320 g/mol. The molecule has 120 valence electrons. The number of aliphatic carboxylic acids is 1. The number of rotatable bonds is 6. The third kappa shape index (κ3) is 13.5. The van der Waals surface area contributed by atoms with Crippen LogP contribution >= 0.6 is 7.75 Å². The molecule has 1 aromatic rings. The van der Waals surface area contributed by atoms with Crippen LogP contribution in [0.25, 0.3) is 0 Å². The summed E-state index contributed by atoms with van der Waals surface area (Å²) in [5, 5.41) is 9.00. The summed E-state index contributed by atoms with van der Waals surface area (Å²) in [6, 6.07) is 8.75. The predicted molar refractivity (Wildman–Crippen MR) is 77.2 cm³/mol. The molecule has 0 heterocycles. The SMILES string of the molecule is CC(C)ON[C@@H](Cc1ccccc1)C(=O)O.NP(=O)(O)O. The standard InChI is InChI=1S/C12H17NO3.H4NO3P/c1-9(2)16-13-11(12(14)15)8-10-6-4-3-5-7-10;1-5(2,3)4/h3-7,9,11,13H,8H2,1-2H3,(H,14,15);(H4,1,2,3,4)/t11-;/m0./s1. The zero-order chi connectivity index (χ0) is 16.5. The van der Waals surface area contributed by atoms with Crippen molar-refractivity contribution in [2.45, 2.75) is 32.4 Å². The van der Waals surface area contributed by atoms with E-state index < -0.39 is 19.8 Å². The molecule has 6 N–H and O–H groups in total. The Labute approximate surface area is 123 Å². The number of hydrogen-bond donors (Lipinski definition) is 5. The quantitative estimate of drug-likeness (QED) is 0.380. The summed E-state index contributed by atoms with van der Waals surface area (Å²) in [6.07, 6.45) is 0.362. The highest BCUT2D eigenvalue weighted by Gasteiger charge is 2.18. The molecule has 0 spiro atoms. The maximum Gasteiger partial charge on any atom is 0.397 e. The average molecular weight is 320 g/mol. The smallest absolute Gasteiger partial charge is 0.397 e. The molecule has 1 rings (SSSR count). The number of carboxylic acid groups (broad SMARTS) is 1. The highest BCUT2D eigenvalue weighted by molar-refractivity contribution is 7.49. The fourth-order valence-corrected chi connectivity index (χ4v) is 1.25. The van der Waals surface area contributed by atoms with E-state index in [4.69, 9.17) is 24.3 Å². The van der Waals surface area contributed by atoms with Crippen LogP contribution in [-0.4, -0.2) is 33.0 Å². The van der Waals surface area contributed by atoms with Crippen molar-refractivity contribution in [2.24, 2.45) is 5.50 Å². The van der Waals surface area contributed by atoms with E-state index in [9.17, 15) is 4.79 Å². The van der Waals surface area contributed by atoms with Crippen molar-refractivity contribution < 1.29 is 29.1 Å². The van der Waals surface area contributed by atoms with Gasteiger partial charge in [-0.1, -0.05) is 30.3 Å². The number of nitrogens with one attached hydrogen (secondary N) is 1. The van der Waals surface area contributed by atoms with Crippen molar-refractivity contribution in [3.05, 3.63) is 35.9 Å². The number of carboxylic acids is 1. The molecule has 0 bridgehead atoms. The second-order valence-corrected chi connectivity index (χ2v) is 5.63. The second kappa shape index (κ2) is 9.62. The van der Waals surface area contributed by atoms with E-state index in [1.54, 1.807) is 0 Å². The molecular weight excluding hydrogens is 299 g/mol. The lowest BCUT2D eigenvalue weighted by Crippen LogP contribution is -2.39. The number of hydrogen-bond acceptors (Lipinski definition) is 4. The van der Waals surface area contributed by atoms with Gasteiger partial charge in [-0.2, -0.15) is 5.48 Å². The summed E-state index contributed by atoms with van der Waals surface area (Å²) >= 11 is 0. The Balaban J connectivity index is 0.000000690. The lowest BCUT2D eigenvalue weighted by Gasteiger charge is -2.16. The van der Waals surface area contributed by atoms with E-state index >= 15 is 0 Å². The van der Waals surface area contributed by atoms with Gasteiger partial charge >= 0.3 is 13.7 Å². The van der Waals surface area contributed by atoms with E-state index in [1.807, 2.05) is 44.2 Å². The molecule has 0 radical (unpaired) electrons. The number of hydroxylamine groups is 1. The van der Waals surface area contributed by atoms with Gasteiger partial charge in [0.15, 0.2) is 0 Å². The highest BCUT2D eigenvalue weighted by Crippen LogP contribution is 2.20. The minimum atomic E-state index is -4.14. The van der Waals surface area contributed by atoms with Crippen molar-refractivity contribution in [1.29, 1.82) is 0 Å². The van der Waals surface area contributed by atoms with E-state index in [-0.39, 0.29) is 6.10 Å². The van der Waals surface area contributed by atoms with Crippen LogP contribution in [0.1, 0.15) is 19.4 Å². The van der Waals surface area contributed by atoms with Crippen LogP contribution in [0, 0.1) is 0 Å². The molecule has 0 aliphatic carbocycles. The summed E-state index contributed by atoms with van der Waals surface area (Å²) in [5.74, 6) is -0.912. The van der Waals surface area contributed by atoms with Gasteiger partial charge in [0, 0.05) is 6.42 Å². The van der Waals surface area contributed by atoms with Crippen LogP contribution in [0.4, 0.5) is 0 Å². The Bertz CT molecular complexity index is 454. The van der Waals surface area contributed by atoms with Crippen molar-refractivity contribution in [3.8, 4) is 0 Å². The number of carbonyl (C=O) groups is 1. The van der Waals surface area contributed by atoms with Crippen molar-refractivity contribution in [3.63, 3.8) is 0 Å². The van der Waals surface area contributed by atoms with Gasteiger partial charge in [0.1, 0.15) is 6.04 Å². The molecule has 1 aromatic carbocycles. The van der Waals surface area contributed by atoms with Crippen LogP contribution in [-0.2, 0) is 20.6 Å². The predicted octanol–water partition coefficient (Wildman–Crippen LogP) is 0.650. The maximum atomic E-state index is 11.0. The third-order valence-corrected chi connectivity index (χ3v) is 2.03. The summed E-state index contributed by atoms with van der Waals surface area (Å²) in [4.78, 5) is 30.9. The molecule has 21 heavy (non-hydrogen) atoms. The molecule has 0 unspecified atom stereocenters. The fraction of sp³-hybridized carbons (Fsp3) is 0.417. The molecule has 0 saturated heterocycles. The second-order valence-electron chi connectivity index (χ2n) is 4.45. The molecule has 0 aliphatic heterocycles. The maximum absolute atomic E-state index is 11.0. The van der Waals surface area contributed by atoms with Gasteiger partial charge in [-0.3, -0.25) is 9.63 Å². The molecule has 1 atom stereocenters. The van der Waals surface area contributed by atoms with Gasteiger partial charge in [0.2, 0.25) is 0 Å². The number of benzene rings is 1. The highest BCUT2D eigenvalue weighted by atomic mass is 31.2. The first-order valence-corrected chi connectivity index (χ1v) is 7.79. The van der Waals surface area contributed by atoms with Crippen LogP contribution in [0.2, 0.25) is 0 Å². The van der Waals surface area contributed by atoms with E-state index in [2.05, 4.69) is 11.0 Å². The topological polar surface area (TPSA) is 142 Å². The minimum Gasteiger partial charge on any atom is -0.480 e. The summed E-state index contributed by atoms with van der Waals surface area (Å²) < 4.78 is 9.10. The minimum absolute atomic E-state index is 0.0439. The van der Waals surface area contributed by atoms with Crippen molar-refractivity contribution >= 4 is 13.7 Å². The molecule has 9 heteroatoms. The van der Waals surface area contributed by atoms with E-state index in [0.29, 0.717) is 6.42 Å². The summed E-state index contributed by atoms with van der Waals surface area (Å²) in [7, 11) is -4.14. The van der Waals surface area contributed by atoms with Crippen LogP contribution < -0.4 is 11.0 Å². The number of nitrogens with two attached hydrogens (primary N) is 1. The molecule has 0 amide bonds. The van der Waals surface area contributed by atoms with Crippen LogP contribution in [0.5, 0.6) is 0 Å². The molecule has 0 saturated carbocycles. The van der Waals surface area contributed by atoms with Gasteiger partial charge in [-0.25, -0.2) is 10.1 Å². The lowest BCUT2D eigenvalue weighted by molar-refractivity contribution is -0.145. The largest absolute Gasteiger partial charge is 0.480 e. The molecule has 8 nitrogen and oxygen atoms in total. The van der Waals surface area contributed by atoms with Gasteiger partial charge in [0.25, 0.3) is 0 Å². The summed E-state index contributed by atoms with van der Waals surface area (Å²) in [6.45, 7) is 3.68. The molecule has 0 aliphatic rings. The first kappa shape index (κ1) is 19.7. The first-order chi connectivity index (χ1) is 9.59. The zero-order valence-electron chi connectivity index (χ0n) is 11.8. The molecule has 0 aromatic heterocycles. The third-order valence-electron chi connectivity index (χ3n) is 2.03. The molecular formula is C12H21N2O6P. The Morgan fingerprint density at radius 2 is 1.81 bits per heavy atom. The zero-order valence-corrected chi connectivity index (χ0v) is 12.7. The lowest BCUT2D eigenvalue weighted by atomic mass is 10.1. The van der Waals surface area contributed by atoms with E-state index in [0.717, 1.165) is 5.56 Å². The Morgan fingerprint density at radius 1 is 1.33 bits per heavy atom. The van der Waals surface area contributed by atoms with Gasteiger partial charge in [-0.15, -0.1) is 0 Å². The fourth-order valence-electron chi connectivity index (χ4n) is 1.25. The Hall–Kier alpha value is -1.28. The van der Waals surface area contributed by atoms with Gasteiger partial charge in [0.05, 0.1) is 6.10 Å². The van der Waals surface area contributed by atoms with Crippen LogP contribution in [0.15, 0.2) is 30.3 Å². The van der Waals surface area contributed by atoms with Crippen LogP contribution in [0.3, 0.4) is 0 Å². The normalized spacial score (nSPS) is 12.5. The average Bonchev–Trinajstić information content (AvgIpc) is 2.33. The Kier molecular flexibility index (Phi) is 9.03. The van der Waals surface area contributed by atoms with Gasteiger partial charge < -0.3 is 14.9 Å².